The minimum absolute atomic E-state index is 0.210. The van der Waals surface area contributed by atoms with Crippen molar-refractivity contribution >= 4 is 39.8 Å². The fourth-order valence-electron chi connectivity index (χ4n) is 1.72. The van der Waals surface area contributed by atoms with Crippen molar-refractivity contribution in [3.63, 3.8) is 0 Å². The number of ether oxygens (including phenoxy) is 3. The maximum absolute atomic E-state index is 11.9. The summed E-state index contributed by atoms with van der Waals surface area (Å²) >= 11 is 9.12. The summed E-state index contributed by atoms with van der Waals surface area (Å²) < 4.78 is 16.3. The van der Waals surface area contributed by atoms with E-state index in [0.29, 0.717) is 27.1 Å². The Morgan fingerprint density at radius 2 is 1.91 bits per heavy atom. The van der Waals surface area contributed by atoms with E-state index in [4.69, 9.17) is 25.8 Å². The fourth-order valence-corrected chi connectivity index (χ4v) is 2.52. The highest BCUT2D eigenvalue weighted by Gasteiger charge is 2.12. The molecule has 7 heteroatoms. The van der Waals surface area contributed by atoms with Crippen LogP contribution in [0.2, 0.25) is 5.02 Å². The molecule has 0 amide bonds. The Morgan fingerprint density at radius 1 is 1.17 bits per heavy atom. The lowest BCUT2D eigenvalue weighted by Gasteiger charge is -2.11. The molecule has 120 valence electrons. The highest BCUT2D eigenvalue weighted by atomic mass is 79.9. The number of halogens is 2. The van der Waals surface area contributed by atoms with Crippen LogP contribution in [0.1, 0.15) is 10.4 Å². The van der Waals surface area contributed by atoms with E-state index in [2.05, 4.69) is 15.9 Å². The number of aldehydes is 1. The number of hydrogen-bond acceptors (Lipinski definition) is 5. The molecule has 2 aromatic carbocycles. The molecule has 0 fully saturated rings. The summed E-state index contributed by atoms with van der Waals surface area (Å²) in [6.45, 7) is -0.293. The zero-order valence-corrected chi connectivity index (χ0v) is 14.4. The molecule has 0 aliphatic carbocycles. The van der Waals surface area contributed by atoms with Gasteiger partial charge < -0.3 is 14.2 Å². The first-order chi connectivity index (χ1) is 11.0. The number of benzene rings is 2. The van der Waals surface area contributed by atoms with Crippen LogP contribution in [0.25, 0.3) is 0 Å². The fraction of sp³-hybridized carbons (Fsp3) is 0.125. The summed E-state index contributed by atoms with van der Waals surface area (Å²) in [5, 5.41) is 0.548. The van der Waals surface area contributed by atoms with Crippen molar-refractivity contribution in [2.24, 2.45) is 0 Å². The van der Waals surface area contributed by atoms with Gasteiger partial charge in [-0.25, -0.2) is 4.79 Å². The lowest BCUT2D eigenvalue weighted by molar-refractivity contribution is -0.136. The first kappa shape index (κ1) is 17.3. The largest absolute Gasteiger partial charge is 0.493 e. The average Bonchev–Trinajstić information content (AvgIpc) is 2.54. The van der Waals surface area contributed by atoms with E-state index >= 15 is 0 Å². The smallest absolute Gasteiger partial charge is 0.349 e. The third-order valence-corrected chi connectivity index (χ3v) is 3.64. The van der Waals surface area contributed by atoms with Crippen molar-refractivity contribution in [2.45, 2.75) is 0 Å². The highest BCUT2D eigenvalue weighted by Crippen LogP contribution is 2.29. The van der Waals surface area contributed by atoms with Crippen LogP contribution in [-0.4, -0.2) is 26.0 Å². The van der Waals surface area contributed by atoms with Gasteiger partial charge in [0.05, 0.1) is 11.6 Å². The monoisotopic (exact) mass is 398 g/mol. The molecular weight excluding hydrogens is 388 g/mol. The number of carbonyl (C=O) groups excluding carboxylic acids is 2. The van der Waals surface area contributed by atoms with Crippen LogP contribution >= 0.6 is 27.5 Å². The number of carbonyl (C=O) groups is 2. The molecule has 0 radical (unpaired) electrons. The minimum Gasteiger partial charge on any atom is -0.493 e. The quantitative estimate of drug-likeness (QED) is 0.419. The van der Waals surface area contributed by atoms with Crippen LogP contribution in [-0.2, 0) is 4.79 Å². The Hall–Kier alpha value is -2.05. The molecule has 23 heavy (non-hydrogen) atoms. The van der Waals surface area contributed by atoms with E-state index < -0.39 is 5.97 Å². The van der Waals surface area contributed by atoms with E-state index in [1.165, 1.54) is 25.3 Å². The Balaban J connectivity index is 2.01. The van der Waals surface area contributed by atoms with E-state index in [0.717, 1.165) is 0 Å². The number of rotatable bonds is 6. The second kappa shape index (κ2) is 7.99. The van der Waals surface area contributed by atoms with Crippen molar-refractivity contribution in [3.8, 4) is 17.2 Å². The number of hydrogen-bond donors (Lipinski definition) is 0. The molecule has 0 N–H and O–H groups in total. The van der Waals surface area contributed by atoms with Crippen molar-refractivity contribution < 1.29 is 23.8 Å². The van der Waals surface area contributed by atoms with Gasteiger partial charge in [-0.3, -0.25) is 4.79 Å². The van der Waals surface area contributed by atoms with Crippen molar-refractivity contribution in [3.05, 3.63) is 51.5 Å². The van der Waals surface area contributed by atoms with Gasteiger partial charge in [0.2, 0.25) is 0 Å². The van der Waals surface area contributed by atoms with Gasteiger partial charge in [0.15, 0.2) is 18.1 Å². The van der Waals surface area contributed by atoms with Gasteiger partial charge >= 0.3 is 5.97 Å². The molecule has 0 heterocycles. The van der Waals surface area contributed by atoms with Gasteiger partial charge in [-0.15, -0.1) is 0 Å². The van der Waals surface area contributed by atoms with Crippen LogP contribution in [0.3, 0.4) is 0 Å². The van der Waals surface area contributed by atoms with Crippen molar-refractivity contribution in [1.29, 1.82) is 0 Å². The van der Waals surface area contributed by atoms with Gasteiger partial charge in [0.1, 0.15) is 12.0 Å². The van der Waals surface area contributed by atoms with E-state index in [1.807, 2.05) is 0 Å². The zero-order valence-electron chi connectivity index (χ0n) is 12.0. The van der Waals surface area contributed by atoms with Crippen molar-refractivity contribution in [1.82, 2.24) is 0 Å². The third-order valence-electron chi connectivity index (χ3n) is 2.79. The van der Waals surface area contributed by atoms with E-state index in [9.17, 15) is 9.59 Å². The highest BCUT2D eigenvalue weighted by molar-refractivity contribution is 9.10. The SMILES string of the molecule is COc1cc(C=O)ccc1OC(=O)COc1ccc(Cl)cc1Br. The molecule has 0 aliphatic rings. The minimum atomic E-state index is -0.607. The molecule has 2 rings (SSSR count). The summed E-state index contributed by atoms with van der Waals surface area (Å²) in [6.07, 6.45) is 0.676. The third kappa shape index (κ3) is 4.71. The molecule has 0 aliphatic heterocycles. The summed E-state index contributed by atoms with van der Waals surface area (Å²) in [4.78, 5) is 22.6. The second-order valence-corrected chi connectivity index (χ2v) is 5.66. The molecular formula is C16H12BrClO5. The second-order valence-electron chi connectivity index (χ2n) is 4.37. The van der Waals surface area contributed by atoms with Gasteiger partial charge in [-0.1, -0.05) is 11.6 Å². The molecule has 0 saturated heterocycles. The first-order valence-corrected chi connectivity index (χ1v) is 7.62. The Kier molecular flexibility index (Phi) is 6.01. The lowest BCUT2D eigenvalue weighted by atomic mass is 10.2. The lowest BCUT2D eigenvalue weighted by Crippen LogP contribution is -2.18. The Bertz CT molecular complexity index is 732. The van der Waals surface area contributed by atoms with Gasteiger partial charge in [-0.05, 0) is 52.3 Å². The maximum Gasteiger partial charge on any atom is 0.349 e. The van der Waals surface area contributed by atoms with Gasteiger partial charge in [0.25, 0.3) is 0 Å². The summed E-state index contributed by atoms with van der Waals surface area (Å²) in [5.74, 6) is 0.358. The van der Waals surface area contributed by atoms with Crippen LogP contribution < -0.4 is 14.2 Å². The van der Waals surface area contributed by atoms with E-state index in [1.54, 1.807) is 18.2 Å². The van der Waals surface area contributed by atoms with Gasteiger partial charge in [-0.2, -0.15) is 0 Å². The van der Waals surface area contributed by atoms with Gasteiger partial charge in [0, 0.05) is 10.6 Å². The first-order valence-electron chi connectivity index (χ1n) is 6.45. The maximum atomic E-state index is 11.9. The summed E-state index contributed by atoms with van der Waals surface area (Å²) in [5.41, 5.74) is 0.419. The Labute approximate surface area is 146 Å². The van der Waals surface area contributed by atoms with Crippen LogP contribution in [0, 0.1) is 0 Å². The molecule has 2 aromatic rings. The Morgan fingerprint density at radius 3 is 2.57 bits per heavy atom. The standard InChI is InChI=1S/C16H12BrClO5/c1-21-15-6-10(8-19)2-4-14(15)23-16(20)9-22-13-5-3-11(18)7-12(13)17/h2-8H,9H2,1H3. The summed E-state index contributed by atoms with van der Waals surface area (Å²) in [7, 11) is 1.42. The normalized spacial score (nSPS) is 10.0. The predicted molar refractivity (Wildman–Crippen MR) is 88.7 cm³/mol. The summed E-state index contributed by atoms with van der Waals surface area (Å²) in [6, 6.07) is 9.43. The molecule has 0 unspecified atom stereocenters. The van der Waals surface area contributed by atoms with Crippen LogP contribution in [0.4, 0.5) is 0 Å². The molecule has 0 bridgehead atoms. The topological polar surface area (TPSA) is 61.8 Å². The number of methoxy groups -OCH3 is 1. The number of esters is 1. The predicted octanol–water partition coefficient (Wildman–Crippen LogP) is 3.91. The molecule has 0 spiro atoms. The van der Waals surface area contributed by atoms with Crippen LogP contribution in [0.5, 0.6) is 17.2 Å². The van der Waals surface area contributed by atoms with Crippen molar-refractivity contribution in [2.75, 3.05) is 13.7 Å². The molecule has 0 saturated carbocycles. The zero-order chi connectivity index (χ0) is 16.8. The average molecular weight is 400 g/mol. The molecule has 0 atom stereocenters. The van der Waals surface area contributed by atoms with E-state index in [-0.39, 0.29) is 18.1 Å². The molecule has 0 aromatic heterocycles. The van der Waals surface area contributed by atoms with Crippen LogP contribution in [0.15, 0.2) is 40.9 Å². The molecule has 5 nitrogen and oxygen atoms in total.